The SMILES string of the molecule is OCc1cnc(-c2cccc(OC(F)(F)F)c2)c(F)c1. The Morgan fingerprint density at radius 2 is 1.95 bits per heavy atom. The van der Waals surface area contributed by atoms with Crippen LogP contribution in [0.3, 0.4) is 0 Å². The summed E-state index contributed by atoms with van der Waals surface area (Å²) in [6.07, 6.45) is -3.57. The molecule has 1 aromatic carbocycles. The number of aliphatic hydroxyl groups excluding tert-OH is 1. The highest BCUT2D eigenvalue weighted by Gasteiger charge is 2.31. The molecule has 0 atom stereocenters. The summed E-state index contributed by atoms with van der Waals surface area (Å²) in [6, 6.07) is 5.93. The molecule has 0 aliphatic carbocycles. The summed E-state index contributed by atoms with van der Waals surface area (Å²) in [5.74, 6) is -1.19. The molecule has 20 heavy (non-hydrogen) atoms. The lowest BCUT2D eigenvalue weighted by atomic mass is 10.1. The van der Waals surface area contributed by atoms with Crippen LogP contribution in [0, 0.1) is 5.82 Å². The standard InChI is InChI=1S/C13H9F4NO2/c14-11-4-8(7-19)6-18-12(11)9-2-1-3-10(5-9)20-13(15,16)17/h1-6,19H,7H2. The Bertz CT molecular complexity index is 614. The summed E-state index contributed by atoms with van der Waals surface area (Å²) in [5, 5.41) is 8.84. The molecule has 0 spiro atoms. The molecule has 0 aliphatic rings. The van der Waals surface area contributed by atoms with E-state index in [0.29, 0.717) is 0 Å². The van der Waals surface area contributed by atoms with Crippen molar-refractivity contribution in [1.29, 1.82) is 0 Å². The molecule has 0 saturated heterocycles. The third-order valence-corrected chi connectivity index (χ3v) is 2.42. The van der Waals surface area contributed by atoms with E-state index in [0.717, 1.165) is 18.2 Å². The van der Waals surface area contributed by atoms with Crippen molar-refractivity contribution in [3.8, 4) is 17.0 Å². The third kappa shape index (κ3) is 3.45. The number of rotatable bonds is 3. The second-order valence-electron chi connectivity index (χ2n) is 3.91. The molecule has 1 N–H and O–H groups in total. The zero-order valence-corrected chi connectivity index (χ0v) is 9.99. The van der Waals surface area contributed by atoms with Crippen LogP contribution in [0.1, 0.15) is 5.56 Å². The molecule has 106 valence electrons. The second-order valence-corrected chi connectivity index (χ2v) is 3.91. The Labute approximate surface area is 111 Å². The van der Waals surface area contributed by atoms with Gasteiger partial charge in [-0.2, -0.15) is 0 Å². The number of nitrogens with zero attached hydrogens (tertiary/aromatic N) is 1. The smallest absolute Gasteiger partial charge is 0.406 e. The van der Waals surface area contributed by atoms with Crippen molar-refractivity contribution < 1.29 is 27.4 Å². The van der Waals surface area contributed by atoms with Gasteiger partial charge in [0.1, 0.15) is 17.3 Å². The highest BCUT2D eigenvalue weighted by atomic mass is 19.4. The van der Waals surface area contributed by atoms with Crippen molar-refractivity contribution in [1.82, 2.24) is 4.98 Å². The minimum atomic E-state index is -4.81. The molecule has 0 radical (unpaired) electrons. The third-order valence-electron chi connectivity index (χ3n) is 2.42. The lowest BCUT2D eigenvalue weighted by molar-refractivity contribution is -0.274. The Morgan fingerprint density at radius 1 is 1.20 bits per heavy atom. The fraction of sp³-hybridized carbons (Fsp3) is 0.154. The minimum Gasteiger partial charge on any atom is -0.406 e. The average molecular weight is 287 g/mol. The Hall–Kier alpha value is -2.15. The van der Waals surface area contributed by atoms with Crippen molar-refractivity contribution in [2.24, 2.45) is 0 Å². The van der Waals surface area contributed by atoms with Gasteiger partial charge in [0.2, 0.25) is 0 Å². The molecule has 7 heteroatoms. The topological polar surface area (TPSA) is 42.4 Å². The van der Waals surface area contributed by atoms with E-state index in [1.807, 2.05) is 0 Å². The number of alkyl halides is 3. The molecule has 0 bridgehead atoms. The maximum absolute atomic E-state index is 13.8. The van der Waals surface area contributed by atoms with E-state index in [9.17, 15) is 17.6 Å². The number of aliphatic hydroxyl groups is 1. The van der Waals surface area contributed by atoms with Gasteiger partial charge in [-0.15, -0.1) is 13.2 Å². The average Bonchev–Trinajstić information content (AvgIpc) is 2.36. The molecule has 3 nitrogen and oxygen atoms in total. The van der Waals surface area contributed by atoms with Crippen LogP contribution in [0.2, 0.25) is 0 Å². The number of pyridine rings is 1. The van der Waals surface area contributed by atoms with Crippen LogP contribution in [0.5, 0.6) is 5.75 Å². The van der Waals surface area contributed by atoms with E-state index in [2.05, 4.69) is 9.72 Å². The van der Waals surface area contributed by atoms with Crippen molar-refractivity contribution in [2.45, 2.75) is 13.0 Å². The first-order valence-electron chi connectivity index (χ1n) is 5.50. The molecule has 2 aromatic rings. The maximum Gasteiger partial charge on any atom is 0.573 e. The number of halogens is 4. The zero-order chi connectivity index (χ0) is 14.8. The number of benzene rings is 1. The molecular formula is C13H9F4NO2. The van der Waals surface area contributed by atoms with Crippen LogP contribution < -0.4 is 4.74 Å². The Kier molecular flexibility index (Phi) is 3.89. The number of aromatic nitrogens is 1. The largest absolute Gasteiger partial charge is 0.573 e. The summed E-state index contributed by atoms with van der Waals surface area (Å²) in [7, 11) is 0. The van der Waals surface area contributed by atoms with Gasteiger partial charge in [-0.1, -0.05) is 12.1 Å². The van der Waals surface area contributed by atoms with Crippen molar-refractivity contribution in [3.05, 3.63) is 47.9 Å². The molecule has 0 fully saturated rings. The van der Waals surface area contributed by atoms with Gasteiger partial charge < -0.3 is 9.84 Å². The molecule has 0 aliphatic heterocycles. The zero-order valence-electron chi connectivity index (χ0n) is 9.99. The number of ether oxygens (including phenoxy) is 1. The lowest BCUT2D eigenvalue weighted by Crippen LogP contribution is -2.17. The van der Waals surface area contributed by atoms with E-state index < -0.39 is 17.9 Å². The van der Waals surface area contributed by atoms with E-state index in [-0.39, 0.29) is 23.4 Å². The minimum absolute atomic E-state index is 0.116. The molecule has 0 unspecified atom stereocenters. The maximum atomic E-state index is 13.8. The van der Waals surface area contributed by atoms with E-state index >= 15 is 0 Å². The molecular weight excluding hydrogens is 278 g/mol. The summed E-state index contributed by atoms with van der Waals surface area (Å²) >= 11 is 0. The van der Waals surface area contributed by atoms with Crippen molar-refractivity contribution in [2.75, 3.05) is 0 Å². The molecule has 0 saturated carbocycles. The highest BCUT2D eigenvalue weighted by molar-refractivity contribution is 5.61. The van der Waals surface area contributed by atoms with Crippen molar-refractivity contribution in [3.63, 3.8) is 0 Å². The van der Waals surface area contributed by atoms with Gasteiger partial charge in [-0.3, -0.25) is 4.98 Å². The predicted molar refractivity (Wildman–Crippen MR) is 62.2 cm³/mol. The van der Waals surface area contributed by atoms with E-state index in [4.69, 9.17) is 5.11 Å². The van der Waals surface area contributed by atoms with Gasteiger partial charge in [-0.25, -0.2) is 4.39 Å². The van der Waals surface area contributed by atoms with Crippen LogP contribution in [0.25, 0.3) is 11.3 Å². The van der Waals surface area contributed by atoms with Gasteiger partial charge in [0, 0.05) is 11.8 Å². The van der Waals surface area contributed by atoms with Gasteiger partial charge in [0.25, 0.3) is 0 Å². The summed E-state index contributed by atoms with van der Waals surface area (Å²) in [6.45, 7) is -0.374. The Morgan fingerprint density at radius 3 is 2.55 bits per heavy atom. The van der Waals surface area contributed by atoms with Gasteiger partial charge in [-0.05, 0) is 23.8 Å². The normalized spacial score (nSPS) is 11.4. The highest BCUT2D eigenvalue weighted by Crippen LogP contribution is 2.28. The van der Waals surface area contributed by atoms with E-state index in [1.165, 1.54) is 18.3 Å². The monoisotopic (exact) mass is 287 g/mol. The van der Waals surface area contributed by atoms with Crippen LogP contribution in [-0.4, -0.2) is 16.5 Å². The fourth-order valence-corrected chi connectivity index (χ4v) is 1.62. The first-order chi connectivity index (χ1) is 9.39. The predicted octanol–water partition coefficient (Wildman–Crippen LogP) is 3.28. The van der Waals surface area contributed by atoms with Crippen LogP contribution >= 0.6 is 0 Å². The second kappa shape index (κ2) is 5.46. The lowest BCUT2D eigenvalue weighted by Gasteiger charge is -2.10. The van der Waals surface area contributed by atoms with Crippen LogP contribution in [0.4, 0.5) is 17.6 Å². The molecule has 2 rings (SSSR count). The quantitative estimate of drug-likeness (QED) is 0.881. The van der Waals surface area contributed by atoms with Gasteiger partial charge >= 0.3 is 6.36 Å². The molecule has 1 aromatic heterocycles. The van der Waals surface area contributed by atoms with E-state index in [1.54, 1.807) is 0 Å². The number of hydrogen-bond acceptors (Lipinski definition) is 3. The summed E-state index contributed by atoms with van der Waals surface area (Å²) in [4.78, 5) is 3.79. The summed E-state index contributed by atoms with van der Waals surface area (Å²) < 4.78 is 53.9. The van der Waals surface area contributed by atoms with Crippen LogP contribution in [0.15, 0.2) is 36.5 Å². The first-order valence-corrected chi connectivity index (χ1v) is 5.50. The summed E-state index contributed by atoms with van der Waals surface area (Å²) in [5.41, 5.74) is 0.303. The van der Waals surface area contributed by atoms with Crippen molar-refractivity contribution >= 4 is 0 Å². The van der Waals surface area contributed by atoms with Crippen LogP contribution in [-0.2, 0) is 6.61 Å². The van der Waals surface area contributed by atoms with Gasteiger partial charge in [0.05, 0.1) is 6.61 Å². The fourth-order valence-electron chi connectivity index (χ4n) is 1.62. The number of hydrogen-bond donors (Lipinski definition) is 1. The molecule has 1 heterocycles. The Balaban J connectivity index is 2.36. The van der Waals surface area contributed by atoms with Gasteiger partial charge in [0.15, 0.2) is 0 Å². The first kappa shape index (κ1) is 14.3. The molecule has 0 amide bonds.